The minimum atomic E-state index is -0.485. The number of benzene rings is 2. The van der Waals surface area contributed by atoms with Gasteiger partial charge in [-0.15, -0.1) is 6.58 Å². The van der Waals surface area contributed by atoms with Gasteiger partial charge >= 0.3 is 11.9 Å². The molecule has 4 N–H and O–H groups in total. The van der Waals surface area contributed by atoms with Crippen molar-refractivity contribution in [2.75, 3.05) is 11.5 Å². The van der Waals surface area contributed by atoms with E-state index in [0.29, 0.717) is 22.9 Å². The predicted molar refractivity (Wildman–Crippen MR) is 127 cm³/mol. The first-order valence-corrected chi connectivity index (χ1v) is 10.8. The topological polar surface area (TPSA) is 105 Å². The maximum absolute atomic E-state index is 12.4. The molecule has 168 valence electrons. The van der Waals surface area contributed by atoms with E-state index in [1.807, 2.05) is 6.08 Å². The molecule has 6 nitrogen and oxygen atoms in total. The van der Waals surface area contributed by atoms with Crippen LogP contribution in [0.25, 0.3) is 6.08 Å². The van der Waals surface area contributed by atoms with Gasteiger partial charge in [-0.3, -0.25) is 0 Å². The molecule has 1 fully saturated rings. The highest BCUT2D eigenvalue weighted by atomic mass is 16.5. The van der Waals surface area contributed by atoms with Crippen LogP contribution in [0.2, 0.25) is 0 Å². The lowest BCUT2D eigenvalue weighted by atomic mass is 9.85. The first-order chi connectivity index (χ1) is 15.4. The van der Waals surface area contributed by atoms with Gasteiger partial charge in [-0.1, -0.05) is 18.2 Å². The maximum Gasteiger partial charge on any atom is 0.338 e. The van der Waals surface area contributed by atoms with Gasteiger partial charge in [0.15, 0.2) is 0 Å². The van der Waals surface area contributed by atoms with Crippen LogP contribution >= 0.6 is 0 Å². The van der Waals surface area contributed by atoms with E-state index in [1.165, 1.54) is 6.08 Å². The summed E-state index contributed by atoms with van der Waals surface area (Å²) in [5.41, 5.74) is 14.5. The van der Waals surface area contributed by atoms with Crippen LogP contribution in [0.4, 0.5) is 11.4 Å². The van der Waals surface area contributed by atoms with E-state index in [4.69, 9.17) is 20.9 Å². The molecule has 1 saturated carbocycles. The Bertz CT molecular complexity index is 954. The molecule has 1 aliphatic rings. The Hall–Kier alpha value is -3.54. The van der Waals surface area contributed by atoms with Gasteiger partial charge in [0, 0.05) is 17.5 Å². The Morgan fingerprint density at radius 1 is 1.00 bits per heavy atom. The summed E-state index contributed by atoms with van der Waals surface area (Å²) >= 11 is 0. The summed E-state index contributed by atoms with van der Waals surface area (Å²) in [6.07, 6.45) is 9.86. The summed E-state index contributed by atoms with van der Waals surface area (Å²) in [6, 6.07) is 12.0. The summed E-state index contributed by atoms with van der Waals surface area (Å²) < 4.78 is 10.9. The lowest BCUT2D eigenvalue weighted by Gasteiger charge is -2.27. The molecule has 0 spiro atoms. The zero-order chi connectivity index (χ0) is 22.9. The molecule has 3 rings (SSSR count). The van der Waals surface area contributed by atoms with Crippen LogP contribution in [0.3, 0.4) is 0 Å². The van der Waals surface area contributed by atoms with E-state index in [9.17, 15) is 9.59 Å². The molecule has 0 saturated heterocycles. The molecule has 0 aromatic heterocycles. The number of rotatable bonds is 8. The van der Waals surface area contributed by atoms with E-state index in [-0.39, 0.29) is 18.7 Å². The highest BCUT2D eigenvalue weighted by molar-refractivity contribution is 5.90. The van der Waals surface area contributed by atoms with Crippen molar-refractivity contribution in [1.82, 2.24) is 0 Å². The highest BCUT2D eigenvalue weighted by Gasteiger charge is 2.23. The van der Waals surface area contributed by atoms with Crippen molar-refractivity contribution in [3.63, 3.8) is 0 Å². The Morgan fingerprint density at radius 3 is 2.28 bits per heavy atom. The van der Waals surface area contributed by atoms with Gasteiger partial charge in [0.2, 0.25) is 0 Å². The molecule has 0 aliphatic heterocycles. The quantitative estimate of drug-likeness (QED) is 0.265. The summed E-state index contributed by atoms with van der Waals surface area (Å²) in [6.45, 7) is 3.88. The summed E-state index contributed by atoms with van der Waals surface area (Å²) in [5.74, 6) is -0.140. The third-order valence-electron chi connectivity index (χ3n) is 5.54. The van der Waals surface area contributed by atoms with Crippen molar-refractivity contribution in [3.8, 4) is 0 Å². The molecule has 0 atom stereocenters. The second-order valence-corrected chi connectivity index (χ2v) is 8.14. The number of hydrogen-bond donors (Lipinski definition) is 2. The lowest BCUT2D eigenvalue weighted by molar-refractivity contribution is -0.138. The molecule has 0 unspecified atom stereocenters. The SMILES string of the molecule is C=CCC1CCC(OC(=O)c2ccc(C=CC(=O)OCc3cc(N)cc(N)c3)cc2)CC1. The average Bonchev–Trinajstić information content (AvgIpc) is 2.77. The third kappa shape index (κ3) is 7.01. The second kappa shape index (κ2) is 11.2. The molecule has 32 heavy (non-hydrogen) atoms. The fraction of sp³-hybridized carbons (Fsp3) is 0.308. The summed E-state index contributed by atoms with van der Waals surface area (Å²) in [7, 11) is 0. The maximum atomic E-state index is 12.4. The first-order valence-electron chi connectivity index (χ1n) is 10.8. The van der Waals surface area contributed by atoms with Crippen molar-refractivity contribution in [2.45, 2.75) is 44.8 Å². The summed E-state index contributed by atoms with van der Waals surface area (Å²) in [5, 5.41) is 0. The molecule has 6 heteroatoms. The van der Waals surface area contributed by atoms with E-state index < -0.39 is 5.97 Å². The van der Waals surface area contributed by atoms with E-state index in [2.05, 4.69) is 6.58 Å². The zero-order valence-electron chi connectivity index (χ0n) is 18.2. The smallest absolute Gasteiger partial charge is 0.338 e. The van der Waals surface area contributed by atoms with Gasteiger partial charge in [0.25, 0.3) is 0 Å². The van der Waals surface area contributed by atoms with Crippen LogP contribution < -0.4 is 11.5 Å². The molecule has 0 radical (unpaired) electrons. The first kappa shape index (κ1) is 23.1. The summed E-state index contributed by atoms with van der Waals surface area (Å²) in [4.78, 5) is 24.4. The van der Waals surface area contributed by atoms with Gasteiger partial charge in [-0.25, -0.2) is 9.59 Å². The van der Waals surface area contributed by atoms with E-state index in [1.54, 1.807) is 48.5 Å². The monoisotopic (exact) mass is 434 g/mol. The number of allylic oxidation sites excluding steroid dienone is 1. The molecule has 0 amide bonds. The fourth-order valence-corrected chi connectivity index (χ4v) is 3.87. The van der Waals surface area contributed by atoms with E-state index in [0.717, 1.165) is 43.2 Å². The van der Waals surface area contributed by atoms with Crippen LogP contribution in [0.1, 0.15) is 53.6 Å². The Balaban J connectivity index is 1.46. The lowest BCUT2D eigenvalue weighted by Crippen LogP contribution is -2.24. The zero-order valence-corrected chi connectivity index (χ0v) is 18.2. The molecular weight excluding hydrogens is 404 g/mol. The second-order valence-electron chi connectivity index (χ2n) is 8.14. The fourth-order valence-electron chi connectivity index (χ4n) is 3.87. The normalized spacial score (nSPS) is 18.2. The third-order valence-corrected chi connectivity index (χ3v) is 5.54. The highest BCUT2D eigenvalue weighted by Crippen LogP contribution is 2.29. The molecular formula is C26H30N2O4. The van der Waals surface area contributed by atoms with Crippen LogP contribution in [-0.4, -0.2) is 18.0 Å². The van der Waals surface area contributed by atoms with Crippen LogP contribution in [0.15, 0.2) is 61.2 Å². The van der Waals surface area contributed by atoms with E-state index >= 15 is 0 Å². The number of ether oxygens (including phenoxy) is 2. The van der Waals surface area contributed by atoms with Crippen molar-refractivity contribution in [1.29, 1.82) is 0 Å². The average molecular weight is 435 g/mol. The molecule has 2 aromatic carbocycles. The van der Waals surface area contributed by atoms with Gasteiger partial charge in [0.05, 0.1) is 5.56 Å². The van der Waals surface area contributed by atoms with Gasteiger partial charge in [0.1, 0.15) is 12.7 Å². The number of esters is 2. The minimum Gasteiger partial charge on any atom is -0.459 e. The Kier molecular flexibility index (Phi) is 8.08. The minimum absolute atomic E-state index is 0.0202. The van der Waals surface area contributed by atoms with Crippen molar-refractivity contribution in [3.05, 3.63) is 77.9 Å². The number of hydrogen-bond acceptors (Lipinski definition) is 6. The van der Waals surface area contributed by atoms with Crippen LogP contribution in [0.5, 0.6) is 0 Å². The van der Waals surface area contributed by atoms with Crippen molar-refractivity contribution >= 4 is 29.4 Å². The molecule has 1 aliphatic carbocycles. The number of nitrogen functional groups attached to an aromatic ring is 2. The number of carbonyl (C=O) groups is 2. The largest absolute Gasteiger partial charge is 0.459 e. The van der Waals surface area contributed by atoms with Crippen molar-refractivity contribution in [2.24, 2.45) is 5.92 Å². The standard InChI is InChI=1S/C26H30N2O4/c1-2-3-18-6-11-24(12-7-18)32-26(30)21-9-4-19(5-10-21)8-13-25(29)31-17-20-14-22(27)16-23(28)15-20/h2,4-5,8-10,13-16,18,24H,1,3,6-7,11-12,17,27-28H2. The van der Waals surface area contributed by atoms with Gasteiger partial charge < -0.3 is 20.9 Å². The van der Waals surface area contributed by atoms with Gasteiger partial charge in [-0.05, 0) is 85.6 Å². The Morgan fingerprint density at radius 2 is 1.66 bits per heavy atom. The molecule has 2 aromatic rings. The van der Waals surface area contributed by atoms with Gasteiger partial charge in [-0.2, -0.15) is 0 Å². The number of carbonyl (C=O) groups excluding carboxylic acids is 2. The molecule has 0 heterocycles. The van der Waals surface area contributed by atoms with Crippen molar-refractivity contribution < 1.29 is 19.1 Å². The Labute approximate surface area is 188 Å². The molecule has 0 bridgehead atoms. The van der Waals surface area contributed by atoms with Crippen LogP contribution in [-0.2, 0) is 20.9 Å². The predicted octanol–water partition coefficient (Wildman–Crippen LogP) is 4.90. The number of nitrogens with two attached hydrogens (primary N) is 2. The number of anilines is 2. The van der Waals surface area contributed by atoms with Crippen LogP contribution in [0, 0.1) is 5.92 Å².